The lowest BCUT2D eigenvalue weighted by atomic mass is 9.89. The molecule has 0 saturated carbocycles. The van der Waals surface area contributed by atoms with Crippen LogP contribution in [0.4, 0.5) is 0 Å². The topological polar surface area (TPSA) is 70.8 Å². The predicted molar refractivity (Wildman–Crippen MR) is 93.9 cm³/mol. The molecule has 0 aromatic heterocycles. The zero-order valence-corrected chi connectivity index (χ0v) is 15.2. The monoisotopic (exact) mass is 395 g/mol. The Morgan fingerprint density at radius 2 is 1.58 bits per heavy atom. The van der Waals surface area contributed by atoms with Gasteiger partial charge in [0.05, 0.1) is 32.8 Å². The summed E-state index contributed by atoms with van der Waals surface area (Å²) in [6.45, 7) is -0.277. The van der Waals surface area contributed by atoms with Crippen LogP contribution in [0.15, 0.2) is 40.9 Å². The summed E-state index contributed by atoms with van der Waals surface area (Å²) in [5.74, 6) is 1.02. The molecule has 0 fully saturated rings. The SMILES string of the molecule is COc1cc(OC)c([C@H](C[N+](=O)[O-])c2ccc(Br)cc2)c(OC)c1. The lowest BCUT2D eigenvalue weighted by Crippen LogP contribution is -2.16. The van der Waals surface area contributed by atoms with Crippen LogP contribution < -0.4 is 14.2 Å². The van der Waals surface area contributed by atoms with E-state index in [-0.39, 0.29) is 11.5 Å². The third kappa shape index (κ3) is 3.97. The molecular weight excluding hydrogens is 378 g/mol. The Hall–Kier alpha value is -2.28. The molecule has 0 N–H and O–H groups in total. The molecule has 0 heterocycles. The van der Waals surface area contributed by atoms with Crippen LogP contribution in [0.1, 0.15) is 17.0 Å². The van der Waals surface area contributed by atoms with Crippen molar-refractivity contribution in [1.82, 2.24) is 0 Å². The summed E-state index contributed by atoms with van der Waals surface area (Å²) in [5, 5.41) is 11.2. The van der Waals surface area contributed by atoms with Crippen molar-refractivity contribution in [3.8, 4) is 17.2 Å². The molecule has 2 aromatic carbocycles. The fourth-order valence-corrected chi connectivity index (χ4v) is 2.85. The number of nitrogens with zero attached hydrogens (tertiary/aromatic N) is 1. The third-order valence-corrected chi connectivity index (χ3v) is 4.23. The van der Waals surface area contributed by atoms with Crippen LogP contribution in [0.5, 0.6) is 17.2 Å². The Morgan fingerprint density at radius 1 is 1.04 bits per heavy atom. The molecule has 0 aliphatic rings. The molecule has 0 radical (unpaired) electrons. The van der Waals surface area contributed by atoms with E-state index in [4.69, 9.17) is 14.2 Å². The molecular formula is C17H18BrNO5. The van der Waals surface area contributed by atoms with Crippen LogP contribution in [0.2, 0.25) is 0 Å². The van der Waals surface area contributed by atoms with Gasteiger partial charge in [-0.15, -0.1) is 0 Å². The molecule has 0 spiro atoms. The van der Waals surface area contributed by atoms with Crippen LogP contribution in [-0.4, -0.2) is 32.8 Å². The van der Waals surface area contributed by atoms with Crippen molar-refractivity contribution in [3.63, 3.8) is 0 Å². The predicted octanol–water partition coefficient (Wildman–Crippen LogP) is 3.88. The van der Waals surface area contributed by atoms with Gasteiger partial charge in [-0.2, -0.15) is 0 Å². The lowest BCUT2D eigenvalue weighted by molar-refractivity contribution is -0.481. The summed E-state index contributed by atoms with van der Waals surface area (Å²) >= 11 is 3.38. The van der Waals surface area contributed by atoms with Crippen LogP contribution >= 0.6 is 15.9 Å². The van der Waals surface area contributed by atoms with Crippen molar-refractivity contribution >= 4 is 15.9 Å². The molecule has 24 heavy (non-hydrogen) atoms. The van der Waals surface area contributed by atoms with E-state index in [0.29, 0.717) is 22.8 Å². The average Bonchev–Trinajstić information content (AvgIpc) is 2.59. The summed E-state index contributed by atoms with van der Waals surface area (Å²) in [7, 11) is 4.57. The number of halogens is 1. The van der Waals surface area contributed by atoms with Crippen LogP contribution in [0.25, 0.3) is 0 Å². The standard InChI is InChI=1S/C17H18BrNO5/c1-22-13-8-15(23-2)17(16(9-13)24-3)14(10-19(20)21)11-4-6-12(18)7-5-11/h4-9,14H,10H2,1-3H3/t14-/m1/s1. The van der Waals surface area contributed by atoms with Crippen molar-refractivity contribution in [3.05, 3.63) is 62.1 Å². The summed E-state index contributed by atoms with van der Waals surface area (Å²) in [6, 6.07) is 10.8. The Labute approximate surface area is 148 Å². The van der Waals surface area contributed by atoms with E-state index in [1.807, 2.05) is 24.3 Å². The average molecular weight is 396 g/mol. The zero-order valence-electron chi connectivity index (χ0n) is 13.6. The Bertz CT molecular complexity index is 692. The van der Waals surface area contributed by atoms with Gasteiger partial charge in [-0.1, -0.05) is 28.1 Å². The van der Waals surface area contributed by atoms with Gasteiger partial charge in [-0.05, 0) is 17.7 Å². The first-order valence-electron chi connectivity index (χ1n) is 7.17. The minimum absolute atomic E-state index is 0.277. The smallest absolute Gasteiger partial charge is 0.214 e. The van der Waals surface area contributed by atoms with Gasteiger partial charge in [0, 0.05) is 21.5 Å². The Balaban J connectivity index is 2.64. The summed E-state index contributed by atoms with van der Waals surface area (Å²) in [5.41, 5.74) is 1.43. The first kappa shape index (κ1) is 18.1. The van der Waals surface area contributed by atoms with Crippen molar-refractivity contribution < 1.29 is 19.1 Å². The van der Waals surface area contributed by atoms with Gasteiger partial charge >= 0.3 is 0 Å². The maximum atomic E-state index is 11.2. The summed E-state index contributed by atoms with van der Waals surface area (Å²) < 4.78 is 17.0. The lowest BCUT2D eigenvalue weighted by Gasteiger charge is -2.21. The molecule has 0 aliphatic heterocycles. The van der Waals surface area contributed by atoms with E-state index in [9.17, 15) is 10.1 Å². The molecule has 0 amide bonds. The largest absolute Gasteiger partial charge is 0.496 e. The second-order valence-corrected chi connectivity index (χ2v) is 5.98. The fraction of sp³-hybridized carbons (Fsp3) is 0.294. The molecule has 0 saturated heterocycles. The first-order chi connectivity index (χ1) is 11.5. The third-order valence-electron chi connectivity index (χ3n) is 3.71. The Morgan fingerprint density at radius 3 is 2.00 bits per heavy atom. The summed E-state index contributed by atoms with van der Waals surface area (Å²) in [6.07, 6.45) is 0. The van der Waals surface area contributed by atoms with Gasteiger partial charge in [-0.25, -0.2) is 0 Å². The maximum Gasteiger partial charge on any atom is 0.214 e. The van der Waals surface area contributed by atoms with Crippen molar-refractivity contribution in [2.45, 2.75) is 5.92 Å². The Kier molecular flexibility index (Phi) is 6.03. The highest BCUT2D eigenvalue weighted by Gasteiger charge is 2.28. The molecule has 128 valence electrons. The minimum Gasteiger partial charge on any atom is -0.496 e. The number of hydrogen-bond acceptors (Lipinski definition) is 5. The number of ether oxygens (including phenoxy) is 3. The van der Waals surface area contributed by atoms with E-state index in [1.165, 1.54) is 21.3 Å². The molecule has 0 aliphatic carbocycles. The maximum absolute atomic E-state index is 11.2. The first-order valence-corrected chi connectivity index (χ1v) is 7.96. The van der Waals surface area contributed by atoms with Gasteiger partial charge in [0.15, 0.2) is 0 Å². The number of methoxy groups -OCH3 is 3. The molecule has 2 rings (SSSR count). The van der Waals surface area contributed by atoms with E-state index < -0.39 is 5.92 Å². The molecule has 0 unspecified atom stereocenters. The van der Waals surface area contributed by atoms with Crippen molar-refractivity contribution in [1.29, 1.82) is 0 Å². The van der Waals surface area contributed by atoms with Crippen molar-refractivity contribution in [2.24, 2.45) is 0 Å². The van der Waals surface area contributed by atoms with Gasteiger partial charge in [0.25, 0.3) is 0 Å². The number of benzene rings is 2. The zero-order chi connectivity index (χ0) is 17.7. The van der Waals surface area contributed by atoms with Crippen LogP contribution in [0.3, 0.4) is 0 Å². The van der Waals surface area contributed by atoms with E-state index in [2.05, 4.69) is 15.9 Å². The highest BCUT2D eigenvalue weighted by Crippen LogP contribution is 2.42. The van der Waals surface area contributed by atoms with Crippen molar-refractivity contribution in [2.75, 3.05) is 27.9 Å². The molecule has 0 bridgehead atoms. The number of rotatable bonds is 7. The van der Waals surface area contributed by atoms with E-state index >= 15 is 0 Å². The molecule has 7 heteroatoms. The molecule has 2 aromatic rings. The summed E-state index contributed by atoms with van der Waals surface area (Å²) in [4.78, 5) is 10.9. The van der Waals surface area contributed by atoms with E-state index in [1.54, 1.807) is 12.1 Å². The quantitative estimate of drug-likeness (QED) is 0.525. The van der Waals surface area contributed by atoms with Crippen LogP contribution in [-0.2, 0) is 0 Å². The second-order valence-electron chi connectivity index (χ2n) is 5.07. The molecule has 1 atom stereocenters. The second kappa shape index (κ2) is 8.01. The van der Waals surface area contributed by atoms with E-state index in [0.717, 1.165) is 10.0 Å². The minimum atomic E-state index is -0.510. The van der Waals surface area contributed by atoms with Gasteiger partial charge in [0.2, 0.25) is 6.54 Å². The number of nitro groups is 1. The normalized spacial score (nSPS) is 11.7. The molecule has 6 nitrogen and oxygen atoms in total. The highest BCUT2D eigenvalue weighted by molar-refractivity contribution is 9.10. The van der Waals surface area contributed by atoms with Crippen LogP contribution in [0, 0.1) is 10.1 Å². The van der Waals surface area contributed by atoms with Gasteiger partial charge in [-0.3, -0.25) is 10.1 Å². The highest BCUT2D eigenvalue weighted by atomic mass is 79.9. The van der Waals surface area contributed by atoms with Gasteiger partial charge < -0.3 is 14.2 Å². The number of hydrogen-bond donors (Lipinski definition) is 0. The fourth-order valence-electron chi connectivity index (χ4n) is 2.58. The van der Waals surface area contributed by atoms with Gasteiger partial charge in [0.1, 0.15) is 17.2 Å².